The minimum atomic E-state index is -0.735. The molecule has 0 fully saturated rings. The Morgan fingerprint density at radius 3 is 2.23 bits per heavy atom. The average molecular weight is 532 g/mol. The van der Waals surface area contributed by atoms with Crippen molar-refractivity contribution in [3.8, 4) is 0 Å². The number of benzene rings is 3. The molecule has 1 N–H and O–H groups in total. The lowest BCUT2D eigenvalue weighted by atomic mass is 10.0. The van der Waals surface area contributed by atoms with E-state index in [1.165, 1.54) is 0 Å². The van der Waals surface area contributed by atoms with Gasteiger partial charge in [0.05, 0.1) is 6.42 Å². The zero-order valence-electron chi connectivity index (χ0n) is 19.8. The number of halogens is 3. The van der Waals surface area contributed by atoms with Crippen LogP contribution in [0.5, 0.6) is 0 Å². The van der Waals surface area contributed by atoms with Crippen molar-refractivity contribution in [3.05, 3.63) is 105 Å². The monoisotopic (exact) mass is 530 g/mol. The van der Waals surface area contributed by atoms with Gasteiger partial charge < -0.3 is 10.2 Å². The van der Waals surface area contributed by atoms with Crippen LogP contribution in [-0.2, 0) is 29.0 Å². The third kappa shape index (κ3) is 7.73. The molecule has 2 amide bonds. The summed E-state index contributed by atoms with van der Waals surface area (Å²) in [6.45, 7) is 4.15. The van der Waals surface area contributed by atoms with Crippen LogP contribution >= 0.6 is 34.8 Å². The van der Waals surface area contributed by atoms with Gasteiger partial charge in [0.15, 0.2) is 0 Å². The molecule has 0 aliphatic carbocycles. The summed E-state index contributed by atoms with van der Waals surface area (Å²) in [6, 6.07) is 21.3. The topological polar surface area (TPSA) is 49.4 Å². The molecule has 0 saturated carbocycles. The van der Waals surface area contributed by atoms with Crippen molar-refractivity contribution in [1.82, 2.24) is 10.2 Å². The van der Waals surface area contributed by atoms with Gasteiger partial charge in [-0.2, -0.15) is 0 Å². The largest absolute Gasteiger partial charge is 0.352 e. The predicted octanol–water partition coefficient (Wildman–Crippen LogP) is 6.74. The zero-order valence-corrected chi connectivity index (χ0v) is 22.1. The van der Waals surface area contributed by atoms with Crippen LogP contribution in [-0.4, -0.2) is 28.8 Å². The van der Waals surface area contributed by atoms with Crippen LogP contribution in [0.25, 0.3) is 0 Å². The van der Waals surface area contributed by atoms with Crippen molar-refractivity contribution in [1.29, 1.82) is 0 Å². The van der Waals surface area contributed by atoms with Gasteiger partial charge in [0.1, 0.15) is 6.04 Å². The number of hydrogen-bond acceptors (Lipinski definition) is 2. The molecule has 0 bridgehead atoms. The fourth-order valence-electron chi connectivity index (χ4n) is 3.73. The predicted molar refractivity (Wildman–Crippen MR) is 144 cm³/mol. The number of nitrogens with one attached hydrogen (secondary N) is 1. The van der Waals surface area contributed by atoms with Crippen molar-refractivity contribution in [2.75, 3.05) is 0 Å². The van der Waals surface area contributed by atoms with Gasteiger partial charge in [-0.1, -0.05) is 96.3 Å². The maximum Gasteiger partial charge on any atom is 0.243 e. The maximum atomic E-state index is 13.8. The van der Waals surface area contributed by atoms with Gasteiger partial charge >= 0.3 is 0 Å². The molecule has 3 aromatic rings. The van der Waals surface area contributed by atoms with Gasteiger partial charge in [-0.3, -0.25) is 9.59 Å². The second-order valence-electron chi connectivity index (χ2n) is 8.55. The Hall–Kier alpha value is -2.53. The number of amides is 2. The summed E-state index contributed by atoms with van der Waals surface area (Å²) >= 11 is 18.9. The Balaban J connectivity index is 2.00. The van der Waals surface area contributed by atoms with E-state index in [0.29, 0.717) is 27.1 Å². The third-order valence-corrected chi connectivity index (χ3v) is 6.88. The van der Waals surface area contributed by atoms with E-state index in [1.54, 1.807) is 29.2 Å². The third-order valence-electron chi connectivity index (χ3n) is 5.93. The Morgan fingerprint density at radius 1 is 0.886 bits per heavy atom. The van der Waals surface area contributed by atoms with Crippen LogP contribution in [0.1, 0.15) is 37.0 Å². The quantitative estimate of drug-likeness (QED) is 0.315. The van der Waals surface area contributed by atoms with Gasteiger partial charge in [0, 0.05) is 34.1 Å². The summed E-state index contributed by atoms with van der Waals surface area (Å²) in [6.07, 6.45) is 1.18. The fraction of sp³-hybridized carbons (Fsp3) is 0.286. The van der Waals surface area contributed by atoms with Crippen molar-refractivity contribution in [3.63, 3.8) is 0 Å². The van der Waals surface area contributed by atoms with E-state index in [0.717, 1.165) is 17.5 Å². The molecule has 4 nitrogen and oxygen atoms in total. The summed E-state index contributed by atoms with van der Waals surface area (Å²) in [4.78, 5) is 28.9. The Kier molecular flexibility index (Phi) is 10.0. The van der Waals surface area contributed by atoms with E-state index in [9.17, 15) is 9.59 Å². The highest BCUT2D eigenvalue weighted by Crippen LogP contribution is 2.25. The van der Waals surface area contributed by atoms with E-state index >= 15 is 0 Å². The molecule has 0 heterocycles. The van der Waals surface area contributed by atoms with E-state index in [1.807, 2.05) is 62.4 Å². The first kappa shape index (κ1) is 27.1. The summed E-state index contributed by atoms with van der Waals surface area (Å²) in [5.41, 5.74) is 2.36. The van der Waals surface area contributed by atoms with E-state index in [4.69, 9.17) is 34.8 Å². The van der Waals surface area contributed by atoms with E-state index in [-0.39, 0.29) is 30.8 Å². The summed E-state index contributed by atoms with van der Waals surface area (Å²) in [5, 5.41) is 4.50. The highest BCUT2D eigenvalue weighted by atomic mass is 35.5. The molecule has 0 aliphatic rings. The standard InChI is InChI=1S/C28H29Cl3N2O2/c1-3-19(2)32-28(35)26(15-20-9-5-4-6-10-20)33(18-22-11-7-8-12-24(22)30)27(34)16-21-13-14-23(29)17-25(21)31/h4-14,17,19,26H,3,15-16,18H2,1-2H3,(H,32,35). The molecular formula is C28H29Cl3N2O2. The summed E-state index contributed by atoms with van der Waals surface area (Å²) in [7, 11) is 0. The molecule has 0 spiro atoms. The lowest BCUT2D eigenvalue weighted by molar-refractivity contribution is -0.141. The Bertz CT molecular complexity index is 1150. The highest BCUT2D eigenvalue weighted by Gasteiger charge is 2.31. The van der Waals surface area contributed by atoms with E-state index in [2.05, 4.69) is 5.32 Å². The lowest BCUT2D eigenvalue weighted by Gasteiger charge is -2.32. The van der Waals surface area contributed by atoms with Crippen molar-refractivity contribution < 1.29 is 9.59 Å². The first-order valence-corrected chi connectivity index (χ1v) is 12.7. The van der Waals surface area contributed by atoms with Crippen LogP contribution in [0.3, 0.4) is 0 Å². The molecule has 7 heteroatoms. The van der Waals surface area contributed by atoms with Gasteiger partial charge in [0.2, 0.25) is 11.8 Å². The highest BCUT2D eigenvalue weighted by molar-refractivity contribution is 6.35. The first-order valence-electron chi connectivity index (χ1n) is 11.6. The lowest BCUT2D eigenvalue weighted by Crippen LogP contribution is -2.52. The molecular weight excluding hydrogens is 503 g/mol. The fourth-order valence-corrected chi connectivity index (χ4v) is 4.41. The van der Waals surface area contributed by atoms with Crippen LogP contribution in [0.15, 0.2) is 72.8 Å². The molecule has 0 aromatic heterocycles. The Labute approximate surface area is 222 Å². The average Bonchev–Trinajstić information content (AvgIpc) is 2.84. The molecule has 2 atom stereocenters. The van der Waals surface area contributed by atoms with Gasteiger partial charge in [-0.25, -0.2) is 0 Å². The smallest absolute Gasteiger partial charge is 0.243 e. The number of nitrogens with zero attached hydrogens (tertiary/aromatic N) is 1. The number of carbonyl (C=O) groups excluding carboxylic acids is 2. The normalized spacial score (nSPS) is 12.6. The second-order valence-corrected chi connectivity index (χ2v) is 9.80. The van der Waals surface area contributed by atoms with Gasteiger partial charge in [-0.05, 0) is 48.2 Å². The SMILES string of the molecule is CCC(C)NC(=O)C(Cc1ccccc1)N(Cc1ccccc1Cl)C(=O)Cc1ccc(Cl)cc1Cl. The number of hydrogen-bond donors (Lipinski definition) is 1. The minimum absolute atomic E-state index is 0.0243. The minimum Gasteiger partial charge on any atom is -0.352 e. The van der Waals surface area contributed by atoms with Gasteiger partial charge in [0.25, 0.3) is 0 Å². The van der Waals surface area contributed by atoms with Crippen LogP contribution in [0, 0.1) is 0 Å². The summed E-state index contributed by atoms with van der Waals surface area (Å²) in [5.74, 6) is -0.430. The molecule has 184 valence electrons. The van der Waals surface area contributed by atoms with Crippen molar-refractivity contribution >= 4 is 46.6 Å². The summed E-state index contributed by atoms with van der Waals surface area (Å²) < 4.78 is 0. The first-order chi connectivity index (χ1) is 16.8. The van der Waals surface area contributed by atoms with Crippen LogP contribution < -0.4 is 5.32 Å². The number of carbonyl (C=O) groups is 2. The van der Waals surface area contributed by atoms with Crippen molar-refractivity contribution in [2.45, 2.75) is 51.7 Å². The molecule has 0 radical (unpaired) electrons. The van der Waals surface area contributed by atoms with Crippen LogP contribution in [0.4, 0.5) is 0 Å². The molecule has 3 rings (SSSR count). The maximum absolute atomic E-state index is 13.8. The molecule has 0 saturated heterocycles. The van der Waals surface area contributed by atoms with Crippen LogP contribution in [0.2, 0.25) is 15.1 Å². The van der Waals surface area contributed by atoms with E-state index < -0.39 is 6.04 Å². The number of rotatable bonds is 10. The van der Waals surface area contributed by atoms with Crippen molar-refractivity contribution in [2.24, 2.45) is 0 Å². The molecule has 3 aromatic carbocycles. The molecule has 0 aliphatic heterocycles. The molecule has 2 unspecified atom stereocenters. The second kappa shape index (κ2) is 13.0. The zero-order chi connectivity index (χ0) is 25.4. The van der Waals surface area contributed by atoms with Gasteiger partial charge in [-0.15, -0.1) is 0 Å². The molecule has 35 heavy (non-hydrogen) atoms. The Morgan fingerprint density at radius 2 is 1.57 bits per heavy atom.